The lowest BCUT2D eigenvalue weighted by Gasteiger charge is -2.38. The number of nitrogens with zero attached hydrogens (tertiary/aromatic N) is 4. The van der Waals surface area contributed by atoms with Gasteiger partial charge in [0, 0.05) is 58.3 Å². The van der Waals surface area contributed by atoms with E-state index in [1.165, 1.54) is 25.9 Å². The monoisotopic (exact) mass is 476 g/mol. The molecule has 0 aromatic heterocycles. The molecule has 0 spiro atoms. The highest BCUT2D eigenvalue weighted by Gasteiger charge is 2.35. The van der Waals surface area contributed by atoms with Gasteiger partial charge in [-0.1, -0.05) is 17.7 Å². The molecule has 0 atom stereocenters. The van der Waals surface area contributed by atoms with Crippen LogP contribution in [0.5, 0.6) is 0 Å². The van der Waals surface area contributed by atoms with Gasteiger partial charge in [-0.3, -0.25) is 9.69 Å². The van der Waals surface area contributed by atoms with Gasteiger partial charge in [0.15, 0.2) is 0 Å². The number of carbonyl (C=O) groups is 1. The first-order valence-corrected chi connectivity index (χ1v) is 14.0. The van der Waals surface area contributed by atoms with Crippen LogP contribution in [0.1, 0.15) is 42.4 Å². The number of piperazine rings is 1. The SMILES string of the molecule is Cc1cc(C)c(S(=O)(=O)N2CCC(C(=O)N3CCN(CCN4CCCC4)CC3)CC2)c(C)c1. The van der Waals surface area contributed by atoms with Gasteiger partial charge in [0.1, 0.15) is 0 Å². The van der Waals surface area contributed by atoms with E-state index in [2.05, 4.69) is 9.80 Å². The minimum absolute atomic E-state index is 0.0622. The first-order chi connectivity index (χ1) is 15.8. The molecule has 0 bridgehead atoms. The van der Waals surface area contributed by atoms with Crippen LogP contribution in [0.25, 0.3) is 0 Å². The Balaban J connectivity index is 1.27. The maximum atomic E-state index is 13.3. The number of hydrogen-bond acceptors (Lipinski definition) is 5. The summed E-state index contributed by atoms with van der Waals surface area (Å²) in [5, 5.41) is 0. The molecule has 0 aliphatic carbocycles. The Hall–Kier alpha value is -1.48. The van der Waals surface area contributed by atoms with Crippen molar-refractivity contribution in [2.24, 2.45) is 5.92 Å². The zero-order chi connectivity index (χ0) is 23.6. The van der Waals surface area contributed by atoms with E-state index in [1.807, 2.05) is 37.8 Å². The van der Waals surface area contributed by atoms with Crippen molar-refractivity contribution in [3.8, 4) is 0 Å². The number of carbonyl (C=O) groups excluding carboxylic acids is 1. The maximum absolute atomic E-state index is 13.3. The molecule has 33 heavy (non-hydrogen) atoms. The molecule has 0 radical (unpaired) electrons. The van der Waals surface area contributed by atoms with Gasteiger partial charge in [-0.25, -0.2) is 8.42 Å². The number of sulfonamides is 1. The summed E-state index contributed by atoms with van der Waals surface area (Å²) in [7, 11) is -3.54. The van der Waals surface area contributed by atoms with Crippen molar-refractivity contribution in [3.63, 3.8) is 0 Å². The van der Waals surface area contributed by atoms with Gasteiger partial charge in [-0.2, -0.15) is 4.31 Å². The summed E-state index contributed by atoms with van der Waals surface area (Å²) in [6.45, 7) is 14.7. The van der Waals surface area contributed by atoms with Crippen LogP contribution in [-0.2, 0) is 14.8 Å². The number of amides is 1. The quantitative estimate of drug-likeness (QED) is 0.630. The Labute approximate surface area is 199 Å². The van der Waals surface area contributed by atoms with Gasteiger partial charge in [-0.05, 0) is 70.7 Å². The Morgan fingerprint density at radius 1 is 0.818 bits per heavy atom. The van der Waals surface area contributed by atoms with Gasteiger partial charge < -0.3 is 9.80 Å². The zero-order valence-electron chi connectivity index (χ0n) is 20.6. The summed E-state index contributed by atoms with van der Waals surface area (Å²) < 4.78 is 28.2. The fraction of sp³-hybridized carbons (Fsp3) is 0.720. The summed E-state index contributed by atoms with van der Waals surface area (Å²) in [5.41, 5.74) is 2.67. The van der Waals surface area contributed by atoms with Crippen LogP contribution in [0.3, 0.4) is 0 Å². The largest absolute Gasteiger partial charge is 0.340 e. The van der Waals surface area contributed by atoms with Gasteiger partial charge in [0.2, 0.25) is 15.9 Å². The molecule has 3 heterocycles. The number of piperidine rings is 1. The third kappa shape index (κ3) is 5.61. The van der Waals surface area contributed by atoms with E-state index in [1.54, 1.807) is 4.31 Å². The number of aryl methyl sites for hydroxylation is 3. The molecule has 3 aliphatic rings. The Kier molecular flexibility index (Phi) is 7.78. The molecular formula is C25H40N4O3S. The van der Waals surface area contributed by atoms with Gasteiger partial charge in [0.25, 0.3) is 0 Å². The minimum atomic E-state index is -3.54. The van der Waals surface area contributed by atoms with Crippen LogP contribution in [-0.4, -0.2) is 98.8 Å². The molecule has 3 saturated heterocycles. The number of benzene rings is 1. The van der Waals surface area contributed by atoms with Crippen molar-refractivity contribution in [1.82, 2.24) is 19.0 Å². The molecule has 0 unspecified atom stereocenters. The van der Waals surface area contributed by atoms with Crippen LogP contribution < -0.4 is 0 Å². The minimum Gasteiger partial charge on any atom is -0.340 e. The van der Waals surface area contributed by atoms with Crippen molar-refractivity contribution in [2.45, 2.75) is 51.3 Å². The lowest BCUT2D eigenvalue weighted by atomic mass is 9.96. The van der Waals surface area contributed by atoms with E-state index in [0.29, 0.717) is 30.8 Å². The van der Waals surface area contributed by atoms with E-state index in [4.69, 9.17) is 0 Å². The summed E-state index contributed by atoms with van der Waals surface area (Å²) in [6.07, 6.45) is 3.87. The fourth-order valence-electron chi connectivity index (χ4n) is 5.79. The highest BCUT2D eigenvalue weighted by atomic mass is 32.2. The topological polar surface area (TPSA) is 64.2 Å². The van der Waals surface area contributed by atoms with Crippen LogP contribution in [0.15, 0.2) is 17.0 Å². The average molecular weight is 477 g/mol. The molecule has 3 aliphatic heterocycles. The molecule has 1 aromatic carbocycles. The van der Waals surface area contributed by atoms with Crippen LogP contribution >= 0.6 is 0 Å². The number of hydrogen-bond donors (Lipinski definition) is 0. The Morgan fingerprint density at radius 3 is 1.88 bits per heavy atom. The van der Waals surface area contributed by atoms with Crippen LogP contribution in [0.4, 0.5) is 0 Å². The highest BCUT2D eigenvalue weighted by Crippen LogP contribution is 2.29. The van der Waals surface area contributed by atoms with Crippen LogP contribution in [0.2, 0.25) is 0 Å². The molecule has 4 rings (SSSR count). The molecule has 0 saturated carbocycles. The van der Waals surface area contributed by atoms with Crippen molar-refractivity contribution >= 4 is 15.9 Å². The summed E-state index contributed by atoms with van der Waals surface area (Å²) in [5.74, 6) is 0.154. The highest BCUT2D eigenvalue weighted by molar-refractivity contribution is 7.89. The molecule has 8 heteroatoms. The van der Waals surface area contributed by atoms with Crippen molar-refractivity contribution in [3.05, 3.63) is 28.8 Å². The van der Waals surface area contributed by atoms with E-state index >= 15 is 0 Å². The van der Waals surface area contributed by atoms with Crippen molar-refractivity contribution in [1.29, 1.82) is 0 Å². The molecule has 3 fully saturated rings. The van der Waals surface area contributed by atoms with Gasteiger partial charge in [0.05, 0.1) is 4.90 Å². The molecule has 0 N–H and O–H groups in total. The smallest absolute Gasteiger partial charge is 0.243 e. The predicted molar refractivity (Wildman–Crippen MR) is 131 cm³/mol. The average Bonchev–Trinajstić information content (AvgIpc) is 3.30. The molecular weight excluding hydrogens is 436 g/mol. The second-order valence-electron chi connectivity index (χ2n) is 10.1. The number of rotatable bonds is 6. The fourth-order valence-corrected chi connectivity index (χ4v) is 7.67. The maximum Gasteiger partial charge on any atom is 0.243 e. The van der Waals surface area contributed by atoms with Gasteiger partial charge in [-0.15, -0.1) is 0 Å². The molecule has 1 amide bonds. The molecule has 184 valence electrons. The second kappa shape index (κ2) is 10.4. The normalized spacial score (nSPS) is 22.2. The van der Waals surface area contributed by atoms with Crippen molar-refractivity contribution in [2.75, 3.05) is 65.4 Å². The molecule has 7 nitrogen and oxygen atoms in total. The van der Waals surface area contributed by atoms with Gasteiger partial charge >= 0.3 is 0 Å². The third-order valence-corrected chi connectivity index (χ3v) is 9.83. The van der Waals surface area contributed by atoms with E-state index < -0.39 is 10.0 Å². The summed E-state index contributed by atoms with van der Waals surface area (Å²) in [6, 6.07) is 3.86. The first kappa shape index (κ1) is 24.6. The summed E-state index contributed by atoms with van der Waals surface area (Å²) in [4.78, 5) is 20.6. The first-order valence-electron chi connectivity index (χ1n) is 12.6. The molecule has 1 aromatic rings. The van der Waals surface area contributed by atoms with Crippen LogP contribution in [0, 0.1) is 26.7 Å². The lowest BCUT2D eigenvalue weighted by molar-refractivity contribution is -0.138. The van der Waals surface area contributed by atoms with E-state index in [9.17, 15) is 13.2 Å². The predicted octanol–water partition coefficient (Wildman–Crippen LogP) is 2.25. The number of likely N-dealkylation sites (tertiary alicyclic amines) is 1. The Bertz CT molecular complexity index is 919. The zero-order valence-corrected chi connectivity index (χ0v) is 21.4. The van der Waals surface area contributed by atoms with Crippen molar-refractivity contribution < 1.29 is 13.2 Å². The summed E-state index contributed by atoms with van der Waals surface area (Å²) >= 11 is 0. The third-order valence-electron chi connectivity index (χ3n) is 7.62. The second-order valence-corrected chi connectivity index (χ2v) is 12.0. The van der Waals surface area contributed by atoms with E-state index in [-0.39, 0.29) is 11.8 Å². The lowest BCUT2D eigenvalue weighted by Crippen LogP contribution is -2.52. The standard InChI is InChI=1S/C25H40N4O3S/c1-20-18-21(2)24(22(3)19-20)33(31,32)29-10-6-23(7-11-29)25(30)28-16-14-27(15-17-28)13-12-26-8-4-5-9-26/h18-19,23H,4-17H2,1-3H3. The van der Waals surface area contributed by atoms with E-state index in [0.717, 1.165) is 56.0 Å². The Morgan fingerprint density at radius 2 is 1.33 bits per heavy atom.